The fraction of sp³-hybridized carbons (Fsp3) is 0.448. The lowest BCUT2D eigenvalue weighted by molar-refractivity contribution is 0.282. The number of aliphatic hydroxyl groups excluding tert-OH is 2. The maximum Gasteiger partial charge on any atom is 0.137 e. The molecule has 1 aliphatic rings. The number of benzene rings is 1. The zero-order valence-electron chi connectivity index (χ0n) is 20.7. The molecule has 186 valence electrons. The number of hydrogen-bond donors (Lipinski definition) is 2. The summed E-state index contributed by atoms with van der Waals surface area (Å²) in [6.45, 7) is 4.29. The van der Waals surface area contributed by atoms with Crippen molar-refractivity contribution in [1.82, 2.24) is 0 Å². The number of unbranched alkanes of at least 4 members (excludes halogenated alkanes) is 6. The molecule has 0 spiro atoms. The van der Waals surface area contributed by atoms with Gasteiger partial charge in [0.1, 0.15) is 29.2 Å². The van der Waals surface area contributed by atoms with Crippen LogP contribution >= 0.6 is 0 Å². The van der Waals surface area contributed by atoms with Gasteiger partial charge in [-0.05, 0) is 68.5 Å². The summed E-state index contributed by atoms with van der Waals surface area (Å²) in [4.78, 5) is 2.43. The Morgan fingerprint density at radius 3 is 1.94 bits per heavy atom. The van der Waals surface area contributed by atoms with E-state index in [1.54, 1.807) is 19.1 Å². The minimum Gasteiger partial charge on any atom is -0.462 e. The molecule has 0 saturated carbocycles. The molecule has 35 heavy (non-hydrogen) atoms. The molecule has 0 fully saturated rings. The maximum atomic E-state index is 9.14. The molecule has 6 heteroatoms. The zero-order chi connectivity index (χ0) is 25.3. The van der Waals surface area contributed by atoms with Crippen LogP contribution in [0.5, 0.6) is 0 Å². The largest absolute Gasteiger partial charge is 0.462 e. The number of nitrogens with zero attached hydrogens (tertiary/aromatic N) is 3. The Bertz CT molecular complexity index is 961. The molecule has 6 nitrogen and oxygen atoms in total. The van der Waals surface area contributed by atoms with Gasteiger partial charge in [0.15, 0.2) is 0 Å². The summed E-state index contributed by atoms with van der Waals surface area (Å²) in [7, 11) is 0. The summed E-state index contributed by atoms with van der Waals surface area (Å²) in [6.07, 6.45) is 15.5. The van der Waals surface area contributed by atoms with E-state index in [1.807, 2.05) is 24.3 Å². The lowest BCUT2D eigenvalue weighted by Gasteiger charge is -2.25. The molecule has 0 saturated heterocycles. The predicted molar refractivity (Wildman–Crippen MR) is 140 cm³/mol. The highest BCUT2D eigenvalue weighted by Gasteiger charge is 2.11. The van der Waals surface area contributed by atoms with Gasteiger partial charge in [-0.1, -0.05) is 43.9 Å². The van der Waals surface area contributed by atoms with Crippen molar-refractivity contribution in [3.05, 3.63) is 70.7 Å². The number of nitriles is 2. The number of allylic oxidation sites excluding steroid dienone is 6. The van der Waals surface area contributed by atoms with Gasteiger partial charge in [-0.3, -0.25) is 0 Å². The first-order chi connectivity index (χ1) is 17.1. The Morgan fingerprint density at radius 2 is 1.40 bits per heavy atom. The van der Waals surface area contributed by atoms with Crippen LogP contribution in [0.2, 0.25) is 0 Å². The van der Waals surface area contributed by atoms with E-state index in [-0.39, 0.29) is 18.8 Å². The molecule has 1 aliphatic heterocycles. The van der Waals surface area contributed by atoms with Crippen molar-refractivity contribution in [2.24, 2.45) is 0 Å². The number of hydrogen-bond acceptors (Lipinski definition) is 6. The minimum atomic E-state index is 0.0655. The van der Waals surface area contributed by atoms with Crippen LogP contribution in [0.3, 0.4) is 0 Å². The van der Waals surface area contributed by atoms with E-state index in [9.17, 15) is 0 Å². The van der Waals surface area contributed by atoms with Gasteiger partial charge in [-0.2, -0.15) is 10.5 Å². The van der Waals surface area contributed by atoms with E-state index in [0.29, 0.717) is 17.1 Å². The Labute approximate surface area is 209 Å². The molecule has 1 aromatic rings. The van der Waals surface area contributed by atoms with Gasteiger partial charge in [0, 0.05) is 37.6 Å². The molecule has 2 rings (SSSR count). The van der Waals surface area contributed by atoms with Gasteiger partial charge in [0.05, 0.1) is 0 Å². The highest BCUT2D eigenvalue weighted by atomic mass is 16.5. The van der Waals surface area contributed by atoms with Crippen LogP contribution in [-0.4, -0.2) is 36.5 Å². The number of rotatable bonds is 15. The van der Waals surface area contributed by atoms with Crippen LogP contribution in [0, 0.1) is 22.7 Å². The average molecular weight is 476 g/mol. The molecule has 0 unspecified atom stereocenters. The third-order valence-electron chi connectivity index (χ3n) is 5.82. The summed E-state index contributed by atoms with van der Waals surface area (Å²) in [6, 6.07) is 12.3. The second-order valence-electron chi connectivity index (χ2n) is 8.65. The highest BCUT2D eigenvalue weighted by Crippen LogP contribution is 2.23. The Morgan fingerprint density at radius 1 is 0.829 bits per heavy atom. The third-order valence-corrected chi connectivity index (χ3v) is 5.82. The molecule has 1 aromatic carbocycles. The van der Waals surface area contributed by atoms with Crippen molar-refractivity contribution in [1.29, 1.82) is 10.5 Å². The maximum absolute atomic E-state index is 9.14. The van der Waals surface area contributed by atoms with Gasteiger partial charge in [0.25, 0.3) is 0 Å². The van der Waals surface area contributed by atoms with E-state index >= 15 is 0 Å². The van der Waals surface area contributed by atoms with Gasteiger partial charge < -0.3 is 19.8 Å². The average Bonchev–Trinajstić information content (AvgIpc) is 2.87. The first kappa shape index (κ1) is 27.9. The molecule has 2 N–H and O–H groups in total. The van der Waals surface area contributed by atoms with Crippen LogP contribution in [0.4, 0.5) is 5.69 Å². The Hall–Kier alpha value is -3.32. The summed E-state index contributed by atoms with van der Waals surface area (Å²) < 4.78 is 5.73. The van der Waals surface area contributed by atoms with Crippen LogP contribution in [0.25, 0.3) is 6.08 Å². The van der Waals surface area contributed by atoms with Crippen LogP contribution in [0.1, 0.15) is 63.9 Å². The van der Waals surface area contributed by atoms with Crippen LogP contribution in [0.15, 0.2) is 65.2 Å². The number of aliphatic hydroxyl groups is 2. The van der Waals surface area contributed by atoms with Gasteiger partial charge in [-0.25, -0.2) is 0 Å². The molecule has 0 amide bonds. The second kappa shape index (κ2) is 16.3. The van der Waals surface area contributed by atoms with Crippen LogP contribution in [-0.2, 0) is 4.74 Å². The molecule has 0 bridgehead atoms. The van der Waals surface area contributed by atoms with E-state index < -0.39 is 0 Å². The van der Waals surface area contributed by atoms with Crippen molar-refractivity contribution >= 4 is 11.8 Å². The summed E-state index contributed by atoms with van der Waals surface area (Å²) in [5, 5.41) is 36.3. The molecular formula is C29H37N3O3. The number of anilines is 1. The Balaban J connectivity index is 2.05. The second-order valence-corrected chi connectivity index (χ2v) is 8.65. The van der Waals surface area contributed by atoms with Gasteiger partial charge >= 0.3 is 0 Å². The monoisotopic (exact) mass is 475 g/mol. The molecule has 0 atom stereocenters. The van der Waals surface area contributed by atoms with E-state index in [0.717, 1.165) is 70.0 Å². The van der Waals surface area contributed by atoms with Gasteiger partial charge in [-0.15, -0.1) is 0 Å². The smallest absolute Gasteiger partial charge is 0.137 e. The summed E-state index contributed by atoms with van der Waals surface area (Å²) in [5.41, 5.74) is 2.84. The topological polar surface area (TPSA) is 101 Å². The fourth-order valence-electron chi connectivity index (χ4n) is 3.92. The quantitative estimate of drug-likeness (QED) is 0.247. The molecule has 0 aromatic heterocycles. The lowest BCUT2D eigenvalue weighted by Crippen LogP contribution is -2.25. The van der Waals surface area contributed by atoms with E-state index in [1.165, 1.54) is 5.69 Å². The highest BCUT2D eigenvalue weighted by molar-refractivity contribution is 5.59. The summed E-state index contributed by atoms with van der Waals surface area (Å²) >= 11 is 0. The summed E-state index contributed by atoms with van der Waals surface area (Å²) in [5.74, 6) is 1.22. The molecule has 0 radical (unpaired) electrons. The third kappa shape index (κ3) is 10.2. The molecule has 0 aliphatic carbocycles. The minimum absolute atomic E-state index is 0.0655. The predicted octanol–water partition coefficient (Wildman–Crippen LogP) is 5.77. The lowest BCUT2D eigenvalue weighted by atomic mass is 10.1. The molecular weight excluding hydrogens is 438 g/mol. The molecule has 1 heterocycles. The zero-order valence-corrected chi connectivity index (χ0v) is 20.7. The van der Waals surface area contributed by atoms with Gasteiger partial charge in [0.2, 0.25) is 0 Å². The number of ether oxygens (including phenoxy) is 1. The first-order valence-electron chi connectivity index (χ1n) is 12.5. The van der Waals surface area contributed by atoms with Crippen molar-refractivity contribution in [3.63, 3.8) is 0 Å². The normalized spacial score (nSPS) is 13.0. The van der Waals surface area contributed by atoms with E-state index in [2.05, 4.69) is 29.2 Å². The van der Waals surface area contributed by atoms with Crippen molar-refractivity contribution < 1.29 is 14.9 Å². The Kier molecular flexibility index (Phi) is 13.0. The van der Waals surface area contributed by atoms with Crippen molar-refractivity contribution in [2.45, 2.75) is 58.3 Å². The SMILES string of the molecule is CC1=CC(=C(C#N)C#N)C=C(C=Cc2ccc(N(CCCCCCO)CCCCCCO)cc2)O1. The van der Waals surface area contributed by atoms with E-state index in [4.69, 9.17) is 25.5 Å². The first-order valence-corrected chi connectivity index (χ1v) is 12.5. The van der Waals surface area contributed by atoms with Crippen molar-refractivity contribution in [3.8, 4) is 12.1 Å². The standard InChI is InChI=1S/C29H37N3O3/c1-24-20-26(27(22-30)23-31)21-29(35-24)15-12-25-10-13-28(14-11-25)32(16-6-2-4-8-18-33)17-7-3-5-9-19-34/h10-15,20-21,33-34H,2-9,16-19H2,1H3. The van der Waals surface area contributed by atoms with Crippen LogP contribution < -0.4 is 4.90 Å². The fourth-order valence-corrected chi connectivity index (χ4v) is 3.92. The van der Waals surface area contributed by atoms with Crippen molar-refractivity contribution in [2.75, 3.05) is 31.2 Å².